The summed E-state index contributed by atoms with van der Waals surface area (Å²) in [5.41, 5.74) is 1.25. The van der Waals surface area contributed by atoms with Gasteiger partial charge in [0.2, 0.25) is 0 Å². The zero-order valence-corrected chi connectivity index (χ0v) is 17.2. The number of likely N-dealkylation sites (tertiary alicyclic amines) is 1. The third-order valence-corrected chi connectivity index (χ3v) is 7.25. The summed E-state index contributed by atoms with van der Waals surface area (Å²) in [5.74, 6) is 1.69. The number of rotatable bonds is 8. The summed E-state index contributed by atoms with van der Waals surface area (Å²) < 4.78 is 30.3. The molecule has 152 valence electrons. The molecule has 2 aromatic rings. The highest BCUT2D eigenvalue weighted by atomic mass is 32.2. The number of phenols is 1. The largest absolute Gasteiger partial charge is 0.508 e. The van der Waals surface area contributed by atoms with E-state index in [4.69, 9.17) is 4.74 Å². The van der Waals surface area contributed by atoms with Crippen molar-refractivity contribution in [3.05, 3.63) is 54.1 Å². The fourth-order valence-corrected chi connectivity index (χ4v) is 5.01. The molecule has 0 spiro atoms. The molecule has 28 heavy (non-hydrogen) atoms. The molecule has 1 aliphatic heterocycles. The van der Waals surface area contributed by atoms with Gasteiger partial charge in [-0.15, -0.1) is 0 Å². The number of phenolic OH excluding ortho intramolecular Hbond substituents is 1. The van der Waals surface area contributed by atoms with Crippen molar-refractivity contribution in [1.82, 2.24) is 4.90 Å². The fraction of sp³-hybridized carbons (Fsp3) is 0.455. The lowest BCUT2D eigenvalue weighted by molar-refractivity contribution is 0.187. The van der Waals surface area contributed by atoms with E-state index in [2.05, 4.69) is 4.90 Å². The van der Waals surface area contributed by atoms with E-state index in [-0.39, 0.29) is 5.75 Å². The maximum atomic E-state index is 12.6. The van der Waals surface area contributed by atoms with Crippen LogP contribution in [0.15, 0.2) is 53.4 Å². The van der Waals surface area contributed by atoms with Crippen LogP contribution in [0.2, 0.25) is 0 Å². The molecule has 1 heterocycles. The van der Waals surface area contributed by atoms with Gasteiger partial charge in [-0.05, 0) is 80.6 Å². The first kappa shape index (κ1) is 20.7. The number of ether oxygens (including phenoxy) is 1. The number of nitrogens with zero attached hydrogens (tertiary/aromatic N) is 1. The predicted molar refractivity (Wildman–Crippen MR) is 111 cm³/mol. The topological polar surface area (TPSA) is 66.8 Å². The Kier molecular flexibility index (Phi) is 6.97. The van der Waals surface area contributed by atoms with Crippen LogP contribution in [0.3, 0.4) is 0 Å². The van der Waals surface area contributed by atoms with Gasteiger partial charge in [-0.25, -0.2) is 8.42 Å². The van der Waals surface area contributed by atoms with Crippen LogP contribution in [0, 0.1) is 5.92 Å². The smallest absolute Gasteiger partial charge is 0.179 e. The van der Waals surface area contributed by atoms with Crippen LogP contribution in [-0.2, 0) is 16.3 Å². The lowest BCUT2D eigenvalue weighted by Gasteiger charge is -2.31. The second-order valence-corrected chi connectivity index (χ2v) is 9.60. The molecular weight excluding hydrogens is 374 g/mol. The van der Waals surface area contributed by atoms with Crippen molar-refractivity contribution in [2.24, 2.45) is 5.92 Å². The average molecular weight is 404 g/mol. The molecule has 0 aliphatic carbocycles. The first-order chi connectivity index (χ1) is 13.5. The molecule has 2 aromatic carbocycles. The average Bonchev–Trinajstić information content (AvgIpc) is 2.73. The fourth-order valence-electron chi connectivity index (χ4n) is 3.69. The van der Waals surface area contributed by atoms with Crippen LogP contribution in [0.5, 0.6) is 11.5 Å². The number of sulfone groups is 1. The van der Waals surface area contributed by atoms with E-state index in [1.54, 1.807) is 36.4 Å². The van der Waals surface area contributed by atoms with Gasteiger partial charge in [0.25, 0.3) is 0 Å². The third-order valence-electron chi connectivity index (χ3n) is 5.56. The molecule has 0 bridgehead atoms. The van der Waals surface area contributed by atoms with Crippen LogP contribution >= 0.6 is 0 Å². The van der Waals surface area contributed by atoms with Gasteiger partial charge in [-0.2, -0.15) is 0 Å². The van der Waals surface area contributed by atoms with Gasteiger partial charge >= 0.3 is 0 Å². The first-order valence-corrected chi connectivity index (χ1v) is 11.5. The molecule has 5 nitrogen and oxygen atoms in total. The Balaban J connectivity index is 1.43. The van der Waals surface area contributed by atoms with Gasteiger partial charge < -0.3 is 14.7 Å². The van der Waals surface area contributed by atoms with E-state index < -0.39 is 9.84 Å². The van der Waals surface area contributed by atoms with Crippen LogP contribution in [0.25, 0.3) is 0 Å². The SMILES string of the molecule is COc1cccc(S(=O)(=O)CCN2CCC(CCc3ccc(O)cc3)CC2)c1. The van der Waals surface area contributed by atoms with Crippen molar-refractivity contribution in [3.8, 4) is 11.5 Å². The molecule has 6 heteroatoms. The highest BCUT2D eigenvalue weighted by Crippen LogP contribution is 2.24. The predicted octanol–water partition coefficient (Wildman–Crippen LogP) is 3.52. The molecule has 1 saturated heterocycles. The molecule has 0 unspecified atom stereocenters. The van der Waals surface area contributed by atoms with Crippen LogP contribution < -0.4 is 4.74 Å². The molecule has 0 amide bonds. The van der Waals surface area contributed by atoms with Gasteiger partial charge in [0.05, 0.1) is 17.8 Å². The number of piperidine rings is 1. The van der Waals surface area contributed by atoms with Crippen molar-refractivity contribution in [1.29, 1.82) is 0 Å². The van der Waals surface area contributed by atoms with Crippen LogP contribution in [0.4, 0.5) is 0 Å². The van der Waals surface area contributed by atoms with Crippen molar-refractivity contribution < 1.29 is 18.3 Å². The zero-order valence-electron chi connectivity index (χ0n) is 16.4. The molecular formula is C22H29NO4S. The number of hydrogen-bond donors (Lipinski definition) is 1. The molecule has 1 N–H and O–H groups in total. The lowest BCUT2D eigenvalue weighted by Crippen LogP contribution is -2.37. The highest BCUT2D eigenvalue weighted by molar-refractivity contribution is 7.91. The molecule has 1 fully saturated rings. The van der Waals surface area contributed by atoms with E-state index in [1.165, 1.54) is 12.7 Å². The minimum Gasteiger partial charge on any atom is -0.508 e. The van der Waals surface area contributed by atoms with Gasteiger partial charge in [-0.1, -0.05) is 18.2 Å². The van der Waals surface area contributed by atoms with Gasteiger partial charge in [0, 0.05) is 6.54 Å². The van der Waals surface area contributed by atoms with Crippen molar-refractivity contribution in [3.63, 3.8) is 0 Å². The molecule has 0 radical (unpaired) electrons. The maximum absolute atomic E-state index is 12.6. The second kappa shape index (κ2) is 9.43. The first-order valence-electron chi connectivity index (χ1n) is 9.83. The number of hydrogen-bond acceptors (Lipinski definition) is 5. The Morgan fingerprint density at radius 3 is 2.50 bits per heavy atom. The van der Waals surface area contributed by atoms with E-state index in [0.717, 1.165) is 38.8 Å². The van der Waals surface area contributed by atoms with Crippen molar-refractivity contribution >= 4 is 9.84 Å². The normalized spacial score (nSPS) is 16.2. The summed E-state index contributed by atoms with van der Waals surface area (Å²) in [4.78, 5) is 2.59. The maximum Gasteiger partial charge on any atom is 0.179 e. The van der Waals surface area contributed by atoms with Gasteiger partial charge in [-0.3, -0.25) is 0 Å². The highest BCUT2D eigenvalue weighted by Gasteiger charge is 2.22. The Labute approximate surface area is 167 Å². The molecule has 0 atom stereocenters. The van der Waals surface area contributed by atoms with Gasteiger partial charge in [0.1, 0.15) is 11.5 Å². The number of methoxy groups -OCH3 is 1. The lowest BCUT2D eigenvalue weighted by atomic mass is 9.90. The monoisotopic (exact) mass is 403 g/mol. The Morgan fingerprint density at radius 1 is 1.11 bits per heavy atom. The Hall–Kier alpha value is -2.05. The number of aromatic hydroxyl groups is 1. The molecule has 1 aliphatic rings. The van der Waals surface area contributed by atoms with E-state index >= 15 is 0 Å². The molecule has 3 rings (SSSR count). The molecule has 0 aromatic heterocycles. The quantitative estimate of drug-likeness (QED) is 0.730. The minimum absolute atomic E-state index is 0.137. The molecule has 0 saturated carbocycles. The number of benzene rings is 2. The van der Waals surface area contributed by atoms with E-state index in [1.807, 2.05) is 12.1 Å². The van der Waals surface area contributed by atoms with E-state index in [9.17, 15) is 13.5 Å². The van der Waals surface area contributed by atoms with Crippen molar-refractivity contribution in [2.75, 3.05) is 32.5 Å². The van der Waals surface area contributed by atoms with Crippen LogP contribution in [-0.4, -0.2) is 50.9 Å². The summed E-state index contributed by atoms with van der Waals surface area (Å²) in [6, 6.07) is 14.1. The summed E-state index contributed by atoms with van der Waals surface area (Å²) in [6.07, 6.45) is 4.38. The van der Waals surface area contributed by atoms with Crippen molar-refractivity contribution in [2.45, 2.75) is 30.6 Å². The van der Waals surface area contributed by atoms with Crippen LogP contribution in [0.1, 0.15) is 24.8 Å². The number of aryl methyl sites for hydroxylation is 1. The minimum atomic E-state index is -3.30. The zero-order chi connectivity index (χ0) is 20.0. The summed E-state index contributed by atoms with van der Waals surface area (Å²) in [7, 11) is -1.76. The third kappa shape index (κ3) is 5.72. The second-order valence-electron chi connectivity index (χ2n) is 7.49. The van der Waals surface area contributed by atoms with Gasteiger partial charge in [0.15, 0.2) is 9.84 Å². The standard InChI is InChI=1S/C22H29NO4S/c1-27-21-3-2-4-22(17-21)28(25,26)16-15-23-13-11-19(12-14-23)6-5-18-7-9-20(24)10-8-18/h2-4,7-10,17,19,24H,5-6,11-16H2,1H3. The Morgan fingerprint density at radius 2 is 1.82 bits per heavy atom. The summed E-state index contributed by atoms with van der Waals surface area (Å²) in [6.45, 7) is 2.48. The Bertz CT molecular complexity index is 856. The summed E-state index contributed by atoms with van der Waals surface area (Å²) in [5, 5.41) is 9.35. The van der Waals surface area contributed by atoms with E-state index in [0.29, 0.717) is 28.9 Å². The summed E-state index contributed by atoms with van der Waals surface area (Å²) >= 11 is 0.